The third kappa shape index (κ3) is 4.37. The summed E-state index contributed by atoms with van der Waals surface area (Å²) >= 11 is 0. The van der Waals surface area contributed by atoms with Crippen LogP contribution < -0.4 is 5.32 Å². The second kappa shape index (κ2) is 7.68. The van der Waals surface area contributed by atoms with Gasteiger partial charge >= 0.3 is 0 Å². The van der Waals surface area contributed by atoms with Crippen LogP contribution in [0.3, 0.4) is 0 Å². The SMILES string of the molecule is O=C(Nc1ccc(C#CCCO)cc1)C1CCOCC1. The van der Waals surface area contributed by atoms with Gasteiger partial charge < -0.3 is 15.2 Å². The fraction of sp³-hybridized carbons (Fsp3) is 0.438. The Labute approximate surface area is 119 Å². The first-order valence-corrected chi connectivity index (χ1v) is 6.88. The second-order valence-corrected chi connectivity index (χ2v) is 4.73. The van der Waals surface area contributed by atoms with Crippen LogP contribution in [-0.4, -0.2) is 30.8 Å². The molecule has 1 amide bonds. The lowest BCUT2D eigenvalue weighted by Gasteiger charge is -2.21. The van der Waals surface area contributed by atoms with Gasteiger partial charge in [0.2, 0.25) is 5.91 Å². The van der Waals surface area contributed by atoms with Gasteiger partial charge in [0.05, 0.1) is 6.61 Å². The van der Waals surface area contributed by atoms with E-state index in [0.717, 1.165) is 24.1 Å². The molecule has 4 nitrogen and oxygen atoms in total. The van der Waals surface area contributed by atoms with E-state index in [4.69, 9.17) is 9.84 Å². The van der Waals surface area contributed by atoms with E-state index < -0.39 is 0 Å². The van der Waals surface area contributed by atoms with Crippen molar-refractivity contribution in [3.63, 3.8) is 0 Å². The number of carbonyl (C=O) groups excluding carboxylic acids is 1. The molecular weight excluding hydrogens is 254 g/mol. The van der Waals surface area contributed by atoms with Gasteiger partial charge in [-0.15, -0.1) is 0 Å². The molecule has 0 atom stereocenters. The molecule has 1 aliphatic heterocycles. The molecule has 1 aromatic carbocycles. The van der Waals surface area contributed by atoms with Crippen molar-refractivity contribution in [2.24, 2.45) is 5.92 Å². The summed E-state index contributed by atoms with van der Waals surface area (Å²) in [6.45, 7) is 1.40. The minimum absolute atomic E-state index is 0.0489. The van der Waals surface area contributed by atoms with Gasteiger partial charge in [-0.2, -0.15) is 0 Å². The molecule has 0 radical (unpaired) electrons. The van der Waals surface area contributed by atoms with Crippen LogP contribution >= 0.6 is 0 Å². The molecule has 0 unspecified atom stereocenters. The van der Waals surface area contributed by atoms with E-state index in [1.807, 2.05) is 24.3 Å². The Kier molecular flexibility index (Phi) is 5.60. The number of hydrogen-bond donors (Lipinski definition) is 2. The van der Waals surface area contributed by atoms with Crippen LogP contribution in [-0.2, 0) is 9.53 Å². The first kappa shape index (κ1) is 14.6. The fourth-order valence-electron chi connectivity index (χ4n) is 2.06. The quantitative estimate of drug-likeness (QED) is 0.825. The zero-order valence-electron chi connectivity index (χ0n) is 11.4. The molecule has 2 rings (SSSR count). The molecule has 2 N–H and O–H groups in total. The van der Waals surface area contributed by atoms with Gasteiger partial charge in [-0.05, 0) is 37.1 Å². The number of rotatable bonds is 3. The summed E-state index contributed by atoms with van der Waals surface area (Å²) in [6, 6.07) is 7.42. The molecule has 0 bridgehead atoms. The first-order chi connectivity index (χ1) is 9.79. The molecule has 106 valence electrons. The molecule has 4 heteroatoms. The molecule has 0 aromatic heterocycles. The molecule has 1 saturated heterocycles. The summed E-state index contributed by atoms with van der Waals surface area (Å²) in [5.41, 5.74) is 1.66. The van der Waals surface area contributed by atoms with Crippen molar-refractivity contribution in [2.45, 2.75) is 19.3 Å². The average molecular weight is 273 g/mol. The van der Waals surface area contributed by atoms with Crippen LogP contribution in [0.25, 0.3) is 0 Å². The highest BCUT2D eigenvalue weighted by molar-refractivity contribution is 5.92. The zero-order valence-corrected chi connectivity index (χ0v) is 11.4. The lowest BCUT2D eigenvalue weighted by molar-refractivity contribution is -0.122. The monoisotopic (exact) mass is 273 g/mol. The van der Waals surface area contributed by atoms with Gasteiger partial charge in [-0.1, -0.05) is 11.8 Å². The Morgan fingerprint density at radius 3 is 2.65 bits per heavy atom. The predicted octanol–water partition coefficient (Wildman–Crippen LogP) is 1.79. The molecule has 1 heterocycles. The molecule has 20 heavy (non-hydrogen) atoms. The van der Waals surface area contributed by atoms with E-state index in [1.165, 1.54) is 0 Å². The Bertz CT molecular complexity index is 493. The number of aliphatic hydroxyl groups is 1. The Morgan fingerprint density at radius 2 is 2.00 bits per heavy atom. The number of hydrogen-bond acceptors (Lipinski definition) is 3. The highest BCUT2D eigenvalue weighted by Crippen LogP contribution is 2.17. The van der Waals surface area contributed by atoms with Crippen LogP contribution in [0.1, 0.15) is 24.8 Å². The zero-order chi connectivity index (χ0) is 14.2. The smallest absolute Gasteiger partial charge is 0.227 e. The number of benzene rings is 1. The first-order valence-electron chi connectivity index (χ1n) is 6.88. The Balaban J connectivity index is 1.90. The van der Waals surface area contributed by atoms with Gasteiger partial charge in [0.1, 0.15) is 0 Å². The maximum absolute atomic E-state index is 12.0. The highest BCUT2D eigenvalue weighted by atomic mass is 16.5. The molecule has 1 aromatic rings. The van der Waals surface area contributed by atoms with E-state index in [9.17, 15) is 4.79 Å². The van der Waals surface area contributed by atoms with Crippen molar-refractivity contribution in [2.75, 3.05) is 25.1 Å². The van der Waals surface area contributed by atoms with Crippen molar-refractivity contribution in [3.05, 3.63) is 29.8 Å². The third-order valence-electron chi connectivity index (χ3n) is 3.21. The minimum Gasteiger partial charge on any atom is -0.395 e. The molecule has 0 aliphatic carbocycles. The fourth-order valence-corrected chi connectivity index (χ4v) is 2.06. The van der Waals surface area contributed by atoms with Crippen molar-refractivity contribution in [1.82, 2.24) is 0 Å². The number of nitrogens with one attached hydrogen (secondary N) is 1. The average Bonchev–Trinajstić information content (AvgIpc) is 2.50. The van der Waals surface area contributed by atoms with Gasteiger partial charge in [0.15, 0.2) is 0 Å². The van der Waals surface area contributed by atoms with Gasteiger partial charge in [-0.25, -0.2) is 0 Å². The van der Waals surface area contributed by atoms with E-state index in [2.05, 4.69) is 17.2 Å². The van der Waals surface area contributed by atoms with Crippen LogP contribution in [0.5, 0.6) is 0 Å². The standard InChI is InChI=1S/C16H19NO3/c18-10-2-1-3-13-4-6-15(7-5-13)17-16(19)14-8-11-20-12-9-14/h4-7,14,18H,2,8-12H2,(H,17,19). The molecular formula is C16H19NO3. The highest BCUT2D eigenvalue weighted by Gasteiger charge is 2.21. The van der Waals surface area contributed by atoms with Gasteiger partial charge in [0, 0.05) is 36.8 Å². The van der Waals surface area contributed by atoms with Crippen molar-refractivity contribution < 1.29 is 14.6 Å². The van der Waals surface area contributed by atoms with E-state index >= 15 is 0 Å². The number of carbonyl (C=O) groups is 1. The van der Waals surface area contributed by atoms with Crippen LogP contribution in [0.15, 0.2) is 24.3 Å². The van der Waals surface area contributed by atoms with Crippen molar-refractivity contribution in [1.29, 1.82) is 0 Å². The number of anilines is 1. The normalized spacial score (nSPS) is 15.2. The molecule has 0 spiro atoms. The third-order valence-corrected chi connectivity index (χ3v) is 3.21. The van der Waals surface area contributed by atoms with Crippen LogP contribution in [0, 0.1) is 17.8 Å². The number of aliphatic hydroxyl groups excluding tert-OH is 1. The summed E-state index contributed by atoms with van der Waals surface area (Å²) in [4.78, 5) is 12.0. The Hall–Kier alpha value is -1.83. The number of amides is 1. The van der Waals surface area contributed by atoms with Gasteiger partial charge in [0.25, 0.3) is 0 Å². The topological polar surface area (TPSA) is 58.6 Å². The maximum atomic E-state index is 12.0. The maximum Gasteiger partial charge on any atom is 0.227 e. The summed E-state index contributed by atoms with van der Waals surface area (Å²) < 4.78 is 5.25. The summed E-state index contributed by atoms with van der Waals surface area (Å²) in [5, 5.41) is 11.6. The largest absolute Gasteiger partial charge is 0.395 e. The summed E-state index contributed by atoms with van der Waals surface area (Å²) in [7, 11) is 0. The number of ether oxygens (including phenoxy) is 1. The predicted molar refractivity (Wildman–Crippen MR) is 77.2 cm³/mol. The van der Waals surface area contributed by atoms with Crippen molar-refractivity contribution in [3.8, 4) is 11.8 Å². The van der Waals surface area contributed by atoms with E-state index in [-0.39, 0.29) is 18.4 Å². The molecule has 1 fully saturated rings. The van der Waals surface area contributed by atoms with Crippen LogP contribution in [0.4, 0.5) is 5.69 Å². The molecule has 1 aliphatic rings. The van der Waals surface area contributed by atoms with Crippen molar-refractivity contribution >= 4 is 11.6 Å². The summed E-state index contributed by atoms with van der Waals surface area (Å²) in [6.07, 6.45) is 2.05. The lowest BCUT2D eigenvalue weighted by atomic mass is 9.99. The second-order valence-electron chi connectivity index (χ2n) is 4.73. The lowest BCUT2D eigenvalue weighted by Crippen LogP contribution is -2.28. The van der Waals surface area contributed by atoms with E-state index in [0.29, 0.717) is 19.6 Å². The van der Waals surface area contributed by atoms with Gasteiger partial charge in [-0.3, -0.25) is 4.79 Å². The Morgan fingerprint density at radius 1 is 1.30 bits per heavy atom. The van der Waals surface area contributed by atoms with E-state index in [1.54, 1.807) is 0 Å². The summed E-state index contributed by atoms with van der Waals surface area (Å²) in [5.74, 6) is 5.92. The molecule has 0 saturated carbocycles. The minimum atomic E-state index is 0.0489. The van der Waals surface area contributed by atoms with Crippen LogP contribution in [0.2, 0.25) is 0 Å².